The van der Waals surface area contributed by atoms with Crippen molar-refractivity contribution in [1.82, 2.24) is 4.90 Å². The fourth-order valence-electron chi connectivity index (χ4n) is 3.98. The van der Waals surface area contributed by atoms with E-state index in [9.17, 15) is 18.3 Å². The Morgan fingerprint density at radius 3 is 2.39 bits per heavy atom. The maximum Gasteiger partial charge on any atom is 0.417 e. The molecule has 0 aliphatic carbocycles. The maximum absolute atomic E-state index is 13.2. The topological polar surface area (TPSA) is 52.9 Å². The third kappa shape index (κ3) is 5.34. The molecule has 1 fully saturated rings. The van der Waals surface area contributed by atoms with Crippen molar-refractivity contribution >= 4 is 11.6 Å². The molecule has 1 aliphatic heterocycles. The van der Waals surface area contributed by atoms with E-state index in [1.807, 2.05) is 26.0 Å². The minimum absolute atomic E-state index is 0.0466. The number of piperidine rings is 1. The number of rotatable bonds is 6. The zero-order chi connectivity index (χ0) is 22.8. The molecule has 2 aromatic rings. The number of hydrogen-bond acceptors (Lipinski definition) is 4. The minimum Gasteiger partial charge on any atom is -0.491 e. The van der Waals surface area contributed by atoms with Gasteiger partial charge in [-0.25, -0.2) is 0 Å². The molecule has 1 saturated heterocycles. The van der Waals surface area contributed by atoms with E-state index in [0.717, 1.165) is 28.5 Å². The highest BCUT2D eigenvalue weighted by molar-refractivity contribution is 6.31. The summed E-state index contributed by atoms with van der Waals surface area (Å²) in [7, 11) is 0. The third-order valence-electron chi connectivity index (χ3n) is 6.08. The van der Waals surface area contributed by atoms with Crippen molar-refractivity contribution < 1.29 is 28.1 Å². The Balaban J connectivity index is 1.69. The van der Waals surface area contributed by atoms with Gasteiger partial charge in [-0.2, -0.15) is 13.2 Å². The number of aliphatic hydroxyl groups is 2. The summed E-state index contributed by atoms with van der Waals surface area (Å²) in [4.78, 5) is 2.19. The fraction of sp³-hybridized carbons (Fsp3) is 0.478. The standard InChI is InChI=1S/C23H27ClF3NO3/c1-15-16(2)21(31-12-11-29)6-3-17(15)14-28-9-7-22(30,8-10-28)18-4-5-20(24)19(13-18)23(25,26)27/h3-6,13,29-30H,7-12,14H2,1-2H3. The molecule has 0 unspecified atom stereocenters. The smallest absolute Gasteiger partial charge is 0.417 e. The van der Waals surface area contributed by atoms with E-state index in [-0.39, 0.29) is 23.8 Å². The SMILES string of the molecule is Cc1c(CN2CCC(O)(c3ccc(Cl)c(C(F)(F)F)c3)CC2)ccc(OCCO)c1C. The van der Waals surface area contributed by atoms with Crippen molar-refractivity contribution in [2.24, 2.45) is 0 Å². The summed E-state index contributed by atoms with van der Waals surface area (Å²) in [5.41, 5.74) is 1.27. The van der Waals surface area contributed by atoms with Crippen molar-refractivity contribution in [3.05, 3.63) is 63.2 Å². The molecule has 0 radical (unpaired) electrons. The molecule has 0 amide bonds. The first kappa shape index (κ1) is 23.9. The average Bonchev–Trinajstić information content (AvgIpc) is 2.72. The molecule has 0 saturated carbocycles. The van der Waals surface area contributed by atoms with Crippen LogP contribution in [-0.2, 0) is 18.3 Å². The Morgan fingerprint density at radius 1 is 1.10 bits per heavy atom. The number of benzene rings is 2. The molecule has 0 atom stereocenters. The second-order valence-corrected chi connectivity index (χ2v) is 8.45. The van der Waals surface area contributed by atoms with Crippen LogP contribution in [0.4, 0.5) is 13.2 Å². The second-order valence-electron chi connectivity index (χ2n) is 8.05. The van der Waals surface area contributed by atoms with Crippen LogP contribution < -0.4 is 4.74 Å². The van der Waals surface area contributed by atoms with E-state index in [1.165, 1.54) is 12.1 Å². The van der Waals surface area contributed by atoms with E-state index in [1.54, 1.807) is 0 Å². The van der Waals surface area contributed by atoms with Gasteiger partial charge in [0.25, 0.3) is 0 Å². The van der Waals surface area contributed by atoms with Crippen molar-refractivity contribution in [3.63, 3.8) is 0 Å². The summed E-state index contributed by atoms with van der Waals surface area (Å²) in [6.45, 7) is 5.98. The lowest BCUT2D eigenvalue weighted by Gasteiger charge is -2.39. The molecule has 1 heterocycles. The maximum atomic E-state index is 13.2. The van der Waals surface area contributed by atoms with Gasteiger partial charge in [0.1, 0.15) is 12.4 Å². The Morgan fingerprint density at radius 2 is 1.77 bits per heavy atom. The predicted molar refractivity (Wildman–Crippen MR) is 113 cm³/mol. The lowest BCUT2D eigenvalue weighted by molar-refractivity contribution is -0.137. The zero-order valence-electron chi connectivity index (χ0n) is 17.6. The first-order chi connectivity index (χ1) is 14.5. The van der Waals surface area contributed by atoms with Gasteiger partial charge in [0.2, 0.25) is 0 Å². The number of ether oxygens (including phenoxy) is 1. The molecule has 31 heavy (non-hydrogen) atoms. The van der Waals surface area contributed by atoms with Gasteiger partial charge in [0.15, 0.2) is 0 Å². The van der Waals surface area contributed by atoms with Gasteiger partial charge in [0, 0.05) is 19.6 Å². The largest absolute Gasteiger partial charge is 0.491 e. The molecule has 0 aromatic heterocycles. The molecule has 4 nitrogen and oxygen atoms in total. The number of aliphatic hydroxyl groups excluding tert-OH is 1. The molecule has 0 spiro atoms. The highest BCUT2D eigenvalue weighted by atomic mass is 35.5. The summed E-state index contributed by atoms with van der Waals surface area (Å²) in [5, 5.41) is 19.6. The summed E-state index contributed by atoms with van der Waals surface area (Å²) < 4.78 is 45.1. The monoisotopic (exact) mass is 457 g/mol. The van der Waals surface area contributed by atoms with Crippen molar-refractivity contribution in [2.75, 3.05) is 26.3 Å². The lowest BCUT2D eigenvalue weighted by atomic mass is 9.83. The Labute approximate surface area is 185 Å². The quantitative estimate of drug-likeness (QED) is 0.652. The summed E-state index contributed by atoms with van der Waals surface area (Å²) >= 11 is 5.71. The molecular weight excluding hydrogens is 431 g/mol. The minimum atomic E-state index is -4.56. The molecular formula is C23H27ClF3NO3. The van der Waals surface area contributed by atoms with Gasteiger partial charge >= 0.3 is 6.18 Å². The Bertz CT molecular complexity index is 925. The van der Waals surface area contributed by atoms with Crippen molar-refractivity contribution in [3.8, 4) is 5.75 Å². The zero-order valence-corrected chi connectivity index (χ0v) is 18.4. The van der Waals surface area contributed by atoms with Gasteiger partial charge in [-0.3, -0.25) is 4.90 Å². The molecule has 8 heteroatoms. The average molecular weight is 458 g/mol. The second kappa shape index (κ2) is 9.36. The number of halogens is 4. The van der Waals surface area contributed by atoms with E-state index < -0.39 is 17.3 Å². The van der Waals surface area contributed by atoms with Gasteiger partial charge in [-0.15, -0.1) is 0 Å². The highest BCUT2D eigenvalue weighted by Gasteiger charge is 2.38. The van der Waals surface area contributed by atoms with Crippen LogP contribution in [0.1, 0.15) is 40.7 Å². The van der Waals surface area contributed by atoms with E-state index >= 15 is 0 Å². The first-order valence-corrected chi connectivity index (χ1v) is 10.6. The normalized spacial score (nSPS) is 17.0. The summed E-state index contributed by atoms with van der Waals surface area (Å²) in [6, 6.07) is 7.53. The van der Waals surface area contributed by atoms with Gasteiger partial charge in [0.05, 0.1) is 22.8 Å². The van der Waals surface area contributed by atoms with Crippen molar-refractivity contribution in [2.45, 2.75) is 45.0 Å². The van der Waals surface area contributed by atoms with Crippen LogP contribution in [0, 0.1) is 13.8 Å². The van der Waals surface area contributed by atoms with Gasteiger partial charge < -0.3 is 14.9 Å². The van der Waals surface area contributed by atoms with Crippen molar-refractivity contribution in [1.29, 1.82) is 0 Å². The molecule has 0 bridgehead atoms. The van der Waals surface area contributed by atoms with Crippen LogP contribution in [0.15, 0.2) is 30.3 Å². The van der Waals surface area contributed by atoms with Crippen LogP contribution in [0.5, 0.6) is 5.75 Å². The molecule has 2 N–H and O–H groups in total. The highest BCUT2D eigenvalue weighted by Crippen LogP contribution is 2.40. The van der Waals surface area contributed by atoms with Crippen LogP contribution in [0.25, 0.3) is 0 Å². The third-order valence-corrected chi connectivity index (χ3v) is 6.41. The van der Waals surface area contributed by atoms with E-state index in [0.29, 0.717) is 32.5 Å². The van der Waals surface area contributed by atoms with Gasteiger partial charge in [-0.05, 0) is 67.1 Å². The molecule has 2 aromatic carbocycles. The van der Waals surface area contributed by atoms with Crippen LogP contribution in [0.2, 0.25) is 5.02 Å². The van der Waals surface area contributed by atoms with Gasteiger partial charge in [-0.1, -0.05) is 23.7 Å². The summed E-state index contributed by atoms with van der Waals surface area (Å²) in [6.07, 6.45) is -3.89. The number of alkyl halides is 3. The summed E-state index contributed by atoms with van der Waals surface area (Å²) in [5.74, 6) is 0.742. The lowest BCUT2D eigenvalue weighted by Crippen LogP contribution is -2.42. The first-order valence-electron chi connectivity index (χ1n) is 10.2. The van der Waals surface area contributed by atoms with Crippen LogP contribution in [-0.4, -0.2) is 41.4 Å². The predicted octanol–water partition coefficient (Wildman–Crippen LogP) is 4.83. The Hall–Kier alpha value is -1.80. The van der Waals surface area contributed by atoms with E-state index in [4.69, 9.17) is 21.4 Å². The number of hydrogen-bond donors (Lipinski definition) is 2. The molecule has 1 aliphatic rings. The van der Waals surface area contributed by atoms with E-state index in [2.05, 4.69) is 4.90 Å². The molecule has 3 rings (SSSR count). The van der Waals surface area contributed by atoms with Crippen LogP contribution in [0.3, 0.4) is 0 Å². The Kier molecular flexibility index (Phi) is 7.21. The molecule has 170 valence electrons. The number of likely N-dealkylation sites (tertiary alicyclic amines) is 1. The van der Waals surface area contributed by atoms with Crippen LogP contribution >= 0.6 is 11.6 Å². The fourth-order valence-corrected chi connectivity index (χ4v) is 4.20. The number of nitrogens with zero attached hydrogens (tertiary/aromatic N) is 1.